The van der Waals surface area contributed by atoms with E-state index in [1.54, 1.807) is 35.3 Å². The van der Waals surface area contributed by atoms with Crippen LogP contribution in [0.15, 0.2) is 22.3 Å². The average molecular weight is 332 g/mol. The number of thiazole rings is 1. The monoisotopic (exact) mass is 332 g/mol. The Hall–Kier alpha value is -1.99. The van der Waals surface area contributed by atoms with E-state index in [0.29, 0.717) is 13.1 Å². The summed E-state index contributed by atoms with van der Waals surface area (Å²) in [5.41, 5.74) is 1.76. The quantitative estimate of drug-likeness (QED) is 0.923. The zero-order chi connectivity index (χ0) is 16.4. The fourth-order valence-corrected chi connectivity index (χ4v) is 3.33. The summed E-state index contributed by atoms with van der Waals surface area (Å²) in [5, 5.41) is 3.16. The van der Waals surface area contributed by atoms with E-state index in [2.05, 4.69) is 20.2 Å². The summed E-state index contributed by atoms with van der Waals surface area (Å²) in [5.74, 6) is -0.185. The molecule has 23 heavy (non-hydrogen) atoms. The number of carbonyl (C=O) groups excluding carboxylic acids is 1. The van der Waals surface area contributed by atoms with E-state index in [9.17, 15) is 9.59 Å². The van der Waals surface area contributed by atoms with Gasteiger partial charge in [0.2, 0.25) is 0 Å². The van der Waals surface area contributed by atoms with Crippen molar-refractivity contribution in [2.75, 3.05) is 26.2 Å². The molecule has 2 aromatic rings. The molecule has 3 heterocycles. The molecule has 122 valence electrons. The molecule has 0 bridgehead atoms. The molecule has 7 heteroatoms. The lowest BCUT2D eigenvalue weighted by molar-refractivity contribution is 0.0625. The van der Waals surface area contributed by atoms with Gasteiger partial charge in [-0.1, -0.05) is 0 Å². The molecule has 0 spiro atoms. The molecule has 6 nitrogen and oxygen atoms in total. The van der Waals surface area contributed by atoms with Crippen molar-refractivity contribution in [3.63, 3.8) is 0 Å². The van der Waals surface area contributed by atoms with Crippen LogP contribution in [0.1, 0.15) is 26.8 Å². The number of aromatic amines is 1. The number of aromatic nitrogens is 2. The number of nitrogens with one attached hydrogen (secondary N) is 1. The van der Waals surface area contributed by atoms with E-state index in [-0.39, 0.29) is 17.0 Å². The molecule has 2 aromatic heterocycles. The zero-order valence-electron chi connectivity index (χ0n) is 13.3. The number of aryl methyl sites for hydroxylation is 2. The third-order valence-corrected chi connectivity index (χ3v) is 4.82. The Morgan fingerprint density at radius 1 is 1.26 bits per heavy atom. The van der Waals surface area contributed by atoms with Crippen LogP contribution in [0.4, 0.5) is 0 Å². The van der Waals surface area contributed by atoms with E-state index in [1.165, 1.54) is 0 Å². The van der Waals surface area contributed by atoms with Gasteiger partial charge in [0, 0.05) is 43.8 Å². The maximum absolute atomic E-state index is 12.5. The first-order valence-corrected chi connectivity index (χ1v) is 8.53. The van der Waals surface area contributed by atoms with Crippen LogP contribution in [0.2, 0.25) is 0 Å². The van der Waals surface area contributed by atoms with Crippen LogP contribution in [0.3, 0.4) is 0 Å². The second-order valence-electron chi connectivity index (χ2n) is 5.81. The first-order chi connectivity index (χ1) is 11.0. The number of hydrogen-bond donors (Lipinski definition) is 1. The molecule has 0 aromatic carbocycles. The van der Waals surface area contributed by atoms with Gasteiger partial charge in [0.25, 0.3) is 11.5 Å². The smallest absolute Gasteiger partial charge is 0.260 e. The van der Waals surface area contributed by atoms with Crippen LogP contribution in [-0.4, -0.2) is 51.9 Å². The summed E-state index contributed by atoms with van der Waals surface area (Å²) in [7, 11) is 0. The fourth-order valence-electron chi connectivity index (χ4n) is 2.73. The van der Waals surface area contributed by atoms with Crippen LogP contribution in [-0.2, 0) is 6.54 Å². The summed E-state index contributed by atoms with van der Waals surface area (Å²) < 4.78 is 0. The van der Waals surface area contributed by atoms with Gasteiger partial charge in [-0.2, -0.15) is 0 Å². The normalized spacial score (nSPS) is 15.8. The van der Waals surface area contributed by atoms with Crippen molar-refractivity contribution in [2.45, 2.75) is 20.4 Å². The molecule has 1 fully saturated rings. The predicted octanol–water partition coefficient (Wildman–Crippen LogP) is 1.41. The Morgan fingerprint density at radius 3 is 2.61 bits per heavy atom. The van der Waals surface area contributed by atoms with Crippen molar-refractivity contribution in [1.82, 2.24) is 19.8 Å². The number of hydrogen-bond acceptors (Lipinski definition) is 5. The van der Waals surface area contributed by atoms with Crippen molar-refractivity contribution in [3.8, 4) is 0 Å². The van der Waals surface area contributed by atoms with Gasteiger partial charge in [0.1, 0.15) is 5.56 Å². The van der Waals surface area contributed by atoms with Crippen LogP contribution >= 0.6 is 11.3 Å². The van der Waals surface area contributed by atoms with Crippen LogP contribution in [0.25, 0.3) is 0 Å². The first kappa shape index (κ1) is 15.9. The highest BCUT2D eigenvalue weighted by Crippen LogP contribution is 2.13. The summed E-state index contributed by atoms with van der Waals surface area (Å²) in [6.07, 6.45) is 0. The molecular weight excluding hydrogens is 312 g/mol. The largest absolute Gasteiger partial charge is 0.336 e. The lowest BCUT2D eigenvalue weighted by atomic mass is 10.2. The molecule has 0 unspecified atom stereocenters. The number of H-pyrrole nitrogens is 1. The summed E-state index contributed by atoms with van der Waals surface area (Å²) in [6, 6.07) is 3.37. The number of carbonyl (C=O) groups is 1. The van der Waals surface area contributed by atoms with Crippen molar-refractivity contribution in [1.29, 1.82) is 0 Å². The lowest BCUT2D eigenvalue weighted by Gasteiger charge is -2.34. The van der Waals surface area contributed by atoms with Crippen molar-refractivity contribution < 1.29 is 4.79 Å². The van der Waals surface area contributed by atoms with Gasteiger partial charge in [-0.3, -0.25) is 14.5 Å². The van der Waals surface area contributed by atoms with Crippen molar-refractivity contribution in [2.24, 2.45) is 0 Å². The molecule has 1 aliphatic heterocycles. The van der Waals surface area contributed by atoms with Crippen LogP contribution in [0.5, 0.6) is 0 Å². The highest BCUT2D eigenvalue weighted by molar-refractivity contribution is 7.09. The molecule has 0 aliphatic carbocycles. The van der Waals surface area contributed by atoms with Gasteiger partial charge in [0.15, 0.2) is 0 Å². The molecule has 1 saturated heterocycles. The Morgan fingerprint density at radius 2 is 2.00 bits per heavy atom. The third kappa shape index (κ3) is 3.68. The van der Waals surface area contributed by atoms with E-state index in [4.69, 9.17) is 0 Å². The number of piperazine rings is 1. The van der Waals surface area contributed by atoms with Crippen molar-refractivity contribution >= 4 is 17.2 Å². The minimum atomic E-state index is -0.310. The van der Waals surface area contributed by atoms with E-state index in [1.807, 2.05) is 6.92 Å². The summed E-state index contributed by atoms with van der Waals surface area (Å²) >= 11 is 1.66. The number of rotatable bonds is 3. The molecule has 0 atom stereocenters. The van der Waals surface area contributed by atoms with Crippen molar-refractivity contribution in [3.05, 3.63) is 49.8 Å². The molecule has 1 aliphatic rings. The van der Waals surface area contributed by atoms with Gasteiger partial charge in [-0.15, -0.1) is 11.3 Å². The molecule has 1 N–H and O–H groups in total. The second-order valence-corrected chi connectivity index (χ2v) is 6.87. The predicted molar refractivity (Wildman–Crippen MR) is 89.8 cm³/mol. The Kier molecular flexibility index (Phi) is 4.58. The Labute approximate surface area is 138 Å². The second kappa shape index (κ2) is 6.64. The topological polar surface area (TPSA) is 69.3 Å². The SMILES string of the molecule is Cc1ccc(C(=O)N2CCN(Cc3csc(C)n3)CC2)c(=O)[nH]1. The summed E-state index contributed by atoms with van der Waals surface area (Å²) in [6.45, 7) is 7.48. The maximum Gasteiger partial charge on any atom is 0.260 e. The molecule has 1 amide bonds. The molecule has 0 radical (unpaired) electrons. The Bertz CT molecular complexity index is 759. The Balaban J connectivity index is 1.60. The highest BCUT2D eigenvalue weighted by atomic mass is 32.1. The molecule has 3 rings (SSSR count). The number of nitrogens with zero attached hydrogens (tertiary/aromatic N) is 3. The fraction of sp³-hybridized carbons (Fsp3) is 0.438. The van der Waals surface area contributed by atoms with Crippen LogP contribution < -0.4 is 5.56 Å². The number of amides is 1. The van der Waals surface area contributed by atoms with Gasteiger partial charge in [-0.05, 0) is 26.0 Å². The lowest BCUT2D eigenvalue weighted by Crippen LogP contribution is -2.49. The minimum Gasteiger partial charge on any atom is -0.336 e. The third-order valence-electron chi connectivity index (χ3n) is 4.00. The van der Waals surface area contributed by atoms with Gasteiger partial charge in [0.05, 0.1) is 10.7 Å². The van der Waals surface area contributed by atoms with E-state index in [0.717, 1.165) is 36.0 Å². The average Bonchev–Trinajstić information content (AvgIpc) is 2.92. The van der Waals surface area contributed by atoms with E-state index >= 15 is 0 Å². The van der Waals surface area contributed by atoms with Gasteiger partial charge in [-0.25, -0.2) is 4.98 Å². The maximum atomic E-state index is 12.5. The van der Waals surface area contributed by atoms with E-state index < -0.39 is 0 Å². The zero-order valence-corrected chi connectivity index (χ0v) is 14.2. The number of pyridine rings is 1. The minimum absolute atomic E-state index is 0.185. The van der Waals surface area contributed by atoms with Gasteiger partial charge >= 0.3 is 0 Å². The molecule has 0 saturated carbocycles. The van der Waals surface area contributed by atoms with Gasteiger partial charge < -0.3 is 9.88 Å². The summed E-state index contributed by atoms with van der Waals surface area (Å²) in [4.78, 5) is 35.6. The molecular formula is C16H20N4O2S. The first-order valence-electron chi connectivity index (χ1n) is 7.65. The standard InChI is InChI=1S/C16H20N4O2S/c1-11-3-4-14(15(21)17-11)16(22)20-7-5-19(6-8-20)9-13-10-23-12(2)18-13/h3-4,10H,5-9H2,1-2H3,(H,17,21). The van der Waals surface area contributed by atoms with Crippen LogP contribution in [0, 0.1) is 13.8 Å². The highest BCUT2D eigenvalue weighted by Gasteiger charge is 2.24.